The molecule has 0 spiro atoms. The summed E-state index contributed by atoms with van der Waals surface area (Å²) >= 11 is 0.218. The third-order valence-electron chi connectivity index (χ3n) is 4.77. The number of carboxylic acid groups (broad SMARTS) is 2. The van der Waals surface area contributed by atoms with Gasteiger partial charge in [0, 0.05) is 0 Å². The van der Waals surface area contributed by atoms with E-state index in [4.69, 9.17) is 0 Å². The topological polar surface area (TPSA) is 80.3 Å². The molecule has 0 rings (SSSR count). The predicted molar refractivity (Wildman–Crippen MR) is 120 cm³/mol. The summed E-state index contributed by atoms with van der Waals surface area (Å²) in [7, 11) is 0. The van der Waals surface area contributed by atoms with E-state index >= 15 is 0 Å². The third kappa shape index (κ3) is 20.5. The van der Waals surface area contributed by atoms with Crippen LogP contribution in [0.15, 0.2) is 11.1 Å². The Balaban J connectivity index is 0. The second-order valence-electron chi connectivity index (χ2n) is 8.48. The standard InChI is InChI=1S/C20H36O4.2C2H5.Sn/c1-15(2)11-7-5-9-13-17(19(21)22)18(20(23)24)14-10-6-8-12-16(3)4;2*1-2;/h15-16H,5-14H2,1-4H3,(H,21,22)(H,23,24);2*1H2,2H3;/q;;;+2/p-2/b18-17-;;;. The van der Waals surface area contributed by atoms with Gasteiger partial charge in [-0.05, 0) is 48.7 Å². The van der Waals surface area contributed by atoms with Gasteiger partial charge in [-0.3, -0.25) is 0 Å². The third-order valence-corrected chi connectivity index (χ3v) is 7.63. The average molecular weight is 515 g/mol. The number of hydrogen-bond donors (Lipinski definition) is 0. The van der Waals surface area contributed by atoms with Crippen molar-refractivity contribution in [1.82, 2.24) is 0 Å². The molecule has 0 amide bonds. The average Bonchev–Trinajstić information content (AvgIpc) is 2.62. The Morgan fingerprint density at radius 3 is 1.21 bits per heavy atom. The maximum atomic E-state index is 11.3. The predicted octanol–water partition coefficient (Wildman–Crippen LogP) is 4.56. The van der Waals surface area contributed by atoms with Gasteiger partial charge < -0.3 is 19.8 Å². The number of rotatable bonds is 16. The Labute approximate surface area is 190 Å². The summed E-state index contributed by atoms with van der Waals surface area (Å²) in [6.45, 7) is 13.2. The van der Waals surface area contributed by atoms with Crippen molar-refractivity contribution in [2.24, 2.45) is 11.8 Å². The molecule has 0 atom stereocenters. The summed E-state index contributed by atoms with van der Waals surface area (Å²) in [6, 6.07) is 0. The molecular formula is C24H44O4Sn. The summed E-state index contributed by atoms with van der Waals surface area (Å²) in [5.74, 6) is -1.46. The summed E-state index contributed by atoms with van der Waals surface area (Å²) in [4.78, 5) is 22.7. The van der Waals surface area contributed by atoms with Gasteiger partial charge in [-0.15, -0.1) is 0 Å². The van der Waals surface area contributed by atoms with E-state index in [1.807, 2.05) is 0 Å². The van der Waals surface area contributed by atoms with E-state index < -0.39 is 11.9 Å². The Morgan fingerprint density at radius 2 is 1.00 bits per heavy atom. The second kappa shape index (κ2) is 20.7. The van der Waals surface area contributed by atoms with Crippen molar-refractivity contribution in [3.05, 3.63) is 11.1 Å². The number of carboxylic acids is 2. The van der Waals surface area contributed by atoms with E-state index in [1.54, 1.807) is 0 Å². The quantitative estimate of drug-likeness (QED) is 0.172. The van der Waals surface area contributed by atoms with Crippen LogP contribution < -0.4 is 10.2 Å². The van der Waals surface area contributed by atoms with Crippen molar-refractivity contribution in [3.8, 4) is 0 Å². The van der Waals surface area contributed by atoms with E-state index in [2.05, 4.69) is 41.5 Å². The molecule has 0 N–H and O–H groups in total. The van der Waals surface area contributed by atoms with Gasteiger partial charge in [-0.25, -0.2) is 0 Å². The van der Waals surface area contributed by atoms with Crippen LogP contribution >= 0.6 is 0 Å². The molecule has 0 radical (unpaired) electrons. The zero-order chi connectivity index (χ0) is 22.7. The Hall–Kier alpha value is -0.521. The monoisotopic (exact) mass is 516 g/mol. The Kier molecular flexibility index (Phi) is 21.9. The van der Waals surface area contributed by atoms with Gasteiger partial charge in [0.2, 0.25) is 0 Å². The molecule has 168 valence electrons. The summed E-state index contributed by atoms with van der Waals surface area (Å²) < 4.78 is 3.03. The van der Waals surface area contributed by atoms with Gasteiger partial charge in [-0.1, -0.05) is 66.2 Å². The summed E-state index contributed by atoms with van der Waals surface area (Å²) in [5.41, 5.74) is -0.133. The van der Waals surface area contributed by atoms with Gasteiger partial charge in [0.15, 0.2) is 0 Å². The van der Waals surface area contributed by atoms with E-state index in [0.29, 0.717) is 24.7 Å². The molecule has 0 aromatic rings. The zero-order valence-corrected chi connectivity index (χ0v) is 22.6. The number of carbonyl (C=O) groups is 2. The minimum atomic E-state index is -1.36. The van der Waals surface area contributed by atoms with Crippen LogP contribution in [0.5, 0.6) is 0 Å². The van der Waals surface area contributed by atoms with E-state index in [-0.39, 0.29) is 45.1 Å². The minimum absolute atomic E-state index is 0.0663. The molecule has 4 nitrogen and oxygen atoms in total. The fourth-order valence-corrected chi connectivity index (χ4v) is 4.49. The van der Waals surface area contributed by atoms with Crippen molar-refractivity contribution in [2.45, 2.75) is 115 Å². The SMILES string of the molecule is CC(C)CCCCC/C(C(=O)[O-])=C(\CCCCCC(C)C)C(=O)[O-].C[CH2][Sn+2][CH2]C. The van der Waals surface area contributed by atoms with Gasteiger partial charge in [0.25, 0.3) is 0 Å². The van der Waals surface area contributed by atoms with Crippen molar-refractivity contribution in [1.29, 1.82) is 0 Å². The van der Waals surface area contributed by atoms with E-state index in [0.717, 1.165) is 38.5 Å². The molecular weight excluding hydrogens is 471 g/mol. The number of hydrogen-bond acceptors (Lipinski definition) is 4. The molecule has 5 heteroatoms. The molecule has 0 aromatic heterocycles. The molecule has 0 unspecified atom stereocenters. The van der Waals surface area contributed by atoms with Crippen LogP contribution in [-0.4, -0.2) is 33.1 Å². The Morgan fingerprint density at radius 1 is 0.655 bits per heavy atom. The Bertz CT molecular complexity index is 416. The summed E-state index contributed by atoms with van der Waals surface area (Å²) in [5, 5.41) is 22.7. The van der Waals surface area contributed by atoms with E-state index in [1.165, 1.54) is 8.87 Å². The van der Waals surface area contributed by atoms with Gasteiger partial charge in [0.05, 0.1) is 11.9 Å². The van der Waals surface area contributed by atoms with Crippen LogP contribution in [0, 0.1) is 11.8 Å². The van der Waals surface area contributed by atoms with E-state index in [9.17, 15) is 19.8 Å². The molecule has 0 saturated carbocycles. The first-order valence-electron chi connectivity index (χ1n) is 11.5. The molecule has 0 fully saturated rings. The molecule has 0 saturated heterocycles. The fraction of sp³-hybridized carbons (Fsp3) is 0.833. The van der Waals surface area contributed by atoms with Gasteiger partial charge in [0.1, 0.15) is 0 Å². The molecule has 29 heavy (non-hydrogen) atoms. The van der Waals surface area contributed by atoms with Crippen molar-refractivity contribution in [3.63, 3.8) is 0 Å². The van der Waals surface area contributed by atoms with Crippen molar-refractivity contribution >= 4 is 33.1 Å². The van der Waals surface area contributed by atoms with Crippen molar-refractivity contribution < 1.29 is 19.8 Å². The van der Waals surface area contributed by atoms with Crippen LogP contribution in [0.1, 0.15) is 106 Å². The van der Waals surface area contributed by atoms with Crippen LogP contribution in [0.3, 0.4) is 0 Å². The summed E-state index contributed by atoms with van der Waals surface area (Å²) in [6.07, 6.45) is 7.97. The van der Waals surface area contributed by atoms with Crippen LogP contribution in [0.4, 0.5) is 0 Å². The number of unbranched alkanes of at least 4 members (excludes halogenated alkanes) is 4. The second-order valence-corrected chi connectivity index (χ2v) is 13.9. The first-order chi connectivity index (χ1) is 13.7. The molecule has 0 bridgehead atoms. The van der Waals surface area contributed by atoms with Gasteiger partial charge >= 0.3 is 43.9 Å². The first-order valence-corrected chi connectivity index (χ1v) is 15.6. The first kappa shape index (κ1) is 30.7. The molecule has 0 aromatic carbocycles. The fourth-order valence-electron chi connectivity index (χ4n) is 3.06. The number of carbonyl (C=O) groups excluding carboxylic acids is 2. The maximum absolute atomic E-state index is 11.3. The zero-order valence-electron chi connectivity index (χ0n) is 19.8. The normalized spacial score (nSPS) is 11.6. The molecule has 0 heterocycles. The van der Waals surface area contributed by atoms with Gasteiger partial charge in [-0.2, -0.15) is 0 Å². The number of aliphatic carboxylic acids is 2. The van der Waals surface area contributed by atoms with Crippen LogP contribution in [-0.2, 0) is 9.59 Å². The molecule has 0 aliphatic carbocycles. The van der Waals surface area contributed by atoms with Crippen LogP contribution in [0.2, 0.25) is 8.87 Å². The molecule has 0 aliphatic heterocycles. The van der Waals surface area contributed by atoms with Crippen LogP contribution in [0.25, 0.3) is 0 Å². The van der Waals surface area contributed by atoms with Crippen molar-refractivity contribution in [2.75, 3.05) is 0 Å². The molecule has 0 aliphatic rings.